The first-order valence-electron chi connectivity index (χ1n) is 7.24. The summed E-state index contributed by atoms with van der Waals surface area (Å²) in [4.78, 5) is 20.8. The molecule has 0 unspecified atom stereocenters. The monoisotopic (exact) mass is 297 g/mol. The summed E-state index contributed by atoms with van der Waals surface area (Å²) in [6, 6.07) is 0. The van der Waals surface area contributed by atoms with E-state index in [1.165, 1.54) is 0 Å². The van der Waals surface area contributed by atoms with Gasteiger partial charge in [0.25, 0.3) is 0 Å². The van der Waals surface area contributed by atoms with E-state index in [1.807, 2.05) is 24.1 Å². The Hall–Kier alpha value is -0.980. The average molecular weight is 297 g/mol. The van der Waals surface area contributed by atoms with Crippen LogP contribution in [0.15, 0.2) is 5.38 Å². The number of ether oxygens (including phenoxy) is 1. The highest BCUT2D eigenvalue weighted by molar-refractivity contribution is 7.09. The number of thiazole rings is 1. The molecule has 0 radical (unpaired) electrons. The smallest absolute Gasteiger partial charge is 0.228 e. The number of hydrogen-bond donors (Lipinski definition) is 0. The Balaban J connectivity index is 1.86. The van der Waals surface area contributed by atoms with Crippen LogP contribution in [0.1, 0.15) is 24.5 Å². The summed E-state index contributed by atoms with van der Waals surface area (Å²) in [7, 11) is 0. The minimum Gasteiger partial charge on any atom is -0.379 e. The van der Waals surface area contributed by atoms with E-state index in [0.29, 0.717) is 6.42 Å². The molecule has 1 fully saturated rings. The lowest BCUT2D eigenvalue weighted by Gasteiger charge is -2.25. The molecular formula is C14H23N3O2S. The predicted molar refractivity (Wildman–Crippen MR) is 79.8 cm³/mol. The molecular weight excluding hydrogens is 274 g/mol. The Kier molecular flexibility index (Phi) is 5.94. The van der Waals surface area contributed by atoms with Crippen LogP contribution < -0.4 is 0 Å². The molecule has 1 aromatic rings. The topological polar surface area (TPSA) is 45.7 Å². The largest absolute Gasteiger partial charge is 0.379 e. The van der Waals surface area contributed by atoms with Gasteiger partial charge in [0, 0.05) is 31.6 Å². The molecule has 0 aromatic carbocycles. The molecule has 1 aliphatic rings. The van der Waals surface area contributed by atoms with Crippen molar-refractivity contribution in [2.45, 2.75) is 26.8 Å². The maximum absolute atomic E-state index is 12.0. The standard InChI is InChI=1S/C14H23N3O2S/c1-3-17(4-2)14(18)9-12-11-20-13(15-12)10-16-5-7-19-8-6-16/h11H,3-10H2,1-2H3. The number of carbonyl (C=O) groups is 1. The molecule has 5 nitrogen and oxygen atoms in total. The minimum atomic E-state index is 0.165. The van der Waals surface area contributed by atoms with E-state index < -0.39 is 0 Å². The molecule has 2 heterocycles. The van der Waals surface area contributed by atoms with Gasteiger partial charge in [-0.25, -0.2) is 4.98 Å². The Bertz CT molecular complexity index is 426. The molecule has 1 aromatic heterocycles. The van der Waals surface area contributed by atoms with Crippen LogP contribution in [0.2, 0.25) is 0 Å². The van der Waals surface area contributed by atoms with Crippen molar-refractivity contribution in [3.05, 3.63) is 16.1 Å². The number of amides is 1. The highest BCUT2D eigenvalue weighted by Crippen LogP contribution is 2.14. The van der Waals surface area contributed by atoms with Crippen LogP contribution in [0.25, 0.3) is 0 Å². The third-order valence-corrected chi connectivity index (χ3v) is 4.39. The molecule has 1 aliphatic heterocycles. The van der Waals surface area contributed by atoms with E-state index in [9.17, 15) is 4.79 Å². The second kappa shape index (κ2) is 7.71. The maximum Gasteiger partial charge on any atom is 0.228 e. The van der Waals surface area contributed by atoms with Crippen molar-refractivity contribution in [2.75, 3.05) is 39.4 Å². The lowest BCUT2D eigenvalue weighted by molar-refractivity contribution is -0.130. The van der Waals surface area contributed by atoms with E-state index in [1.54, 1.807) is 11.3 Å². The molecule has 1 saturated heterocycles. The van der Waals surface area contributed by atoms with Crippen molar-refractivity contribution in [3.63, 3.8) is 0 Å². The van der Waals surface area contributed by atoms with Crippen molar-refractivity contribution in [1.29, 1.82) is 0 Å². The number of hydrogen-bond acceptors (Lipinski definition) is 5. The zero-order valence-electron chi connectivity index (χ0n) is 12.3. The van der Waals surface area contributed by atoms with Gasteiger partial charge in [-0.1, -0.05) is 0 Å². The second-order valence-corrected chi connectivity index (χ2v) is 5.81. The van der Waals surface area contributed by atoms with Crippen LogP contribution in [0.3, 0.4) is 0 Å². The zero-order valence-corrected chi connectivity index (χ0v) is 13.1. The molecule has 0 saturated carbocycles. The van der Waals surface area contributed by atoms with Crippen LogP contribution in [-0.4, -0.2) is 60.1 Å². The van der Waals surface area contributed by atoms with Gasteiger partial charge in [-0.2, -0.15) is 0 Å². The van der Waals surface area contributed by atoms with E-state index in [0.717, 1.165) is 56.6 Å². The van der Waals surface area contributed by atoms with Gasteiger partial charge in [0.1, 0.15) is 5.01 Å². The fourth-order valence-corrected chi connectivity index (χ4v) is 3.13. The molecule has 6 heteroatoms. The third-order valence-electron chi connectivity index (χ3n) is 3.51. The van der Waals surface area contributed by atoms with E-state index in [4.69, 9.17) is 4.74 Å². The first-order valence-corrected chi connectivity index (χ1v) is 8.12. The first kappa shape index (κ1) is 15.4. The van der Waals surface area contributed by atoms with Crippen molar-refractivity contribution in [3.8, 4) is 0 Å². The van der Waals surface area contributed by atoms with E-state index in [2.05, 4.69) is 9.88 Å². The van der Waals surface area contributed by atoms with Crippen LogP contribution >= 0.6 is 11.3 Å². The van der Waals surface area contributed by atoms with Gasteiger partial charge >= 0.3 is 0 Å². The summed E-state index contributed by atoms with van der Waals surface area (Å²) in [6.07, 6.45) is 0.418. The molecule has 1 amide bonds. The number of nitrogens with zero attached hydrogens (tertiary/aromatic N) is 3. The fraction of sp³-hybridized carbons (Fsp3) is 0.714. The molecule has 0 N–H and O–H groups in total. The van der Waals surface area contributed by atoms with Gasteiger partial charge in [-0.05, 0) is 13.8 Å². The van der Waals surface area contributed by atoms with E-state index >= 15 is 0 Å². The van der Waals surface area contributed by atoms with E-state index in [-0.39, 0.29) is 5.91 Å². The van der Waals surface area contributed by atoms with Gasteiger partial charge in [-0.15, -0.1) is 11.3 Å². The summed E-state index contributed by atoms with van der Waals surface area (Å²) in [6.45, 7) is 9.95. The lowest BCUT2D eigenvalue weighted by Crippen LogP contribution is -2.35. The Labute approximate surface area is 124 Å². The number of morpholine rings is 1. The minimum absolute atomic E-state index is 0.165. The summed E-state index contributed by atoms with van der Waals surface area (Å²) in [5.74, 6) is 0.165. The summed E-state index contributed by atoms with van der Waals surface area (Å²) in [5.41, 5.74) is 0.898. The average Bonchev–Trinajstić information content (AvgIpc) is 2.88. The Morgan fingerprint density at radius 2 is 2.10 bits per heavy atom. The molecule has 20 heavy (non-hydrogen) atoms. The normalized spacial score (nSPS) is 16.3. The quantitative estimate of drug-likeness (QED) is 0.796. The molecule has 0 bridgehead atoms. The Morgan fingerprint density at radius 1 is 1.40 bits per heavy atom. The van der Waals surface area contributed by atoms with Gasteiger partial charge in [-0.3, -0.25) is 9.69 Å². The first-order chi connectivity index (χ1) is 9.72. The number of likely N-dealkylation sites (N-methyl/N-ethyl adjacent to an activating group) is 1. The van der Waals surface area contributed by atoms with Gasteiger partial charge < -0.3 is 9.64 Å². The number of rotatable bonds is 6. The molecule has 0 atom stereocenters. The summed E-state index contributed by atoms with van der Waals surface area (Å²) >= 11 is 1.65. The maximum atomic E-state index is 12.0. The lowest BCUT2D eigenvalue weighted by atomic mass is 10.3. The summed E-state index contributed by atoms with van der Waals surface area (Å²) < 4.78 is 5.34. The zero-order chi connectivity index (χ0) is 14.4. The van der Waals surface area contributed by atoms with Crippen LogP contribution in [0.5, 0.6) is 0 Å². The third kappa shape index (κ3) is 4.26. The van der Waals surface area contributed by atoms with Gasteiger partial charge in [0.15, 0.2) is 0 Å². The molecule has 0 spiro atoms. The van der Waals surface area contributed by atoms with Crippen LogP contribution in [0.4, 0.5) is 0 Å². The van der Waals surface area contributed by atoms with Gasteiger partial charge in [0.05, 0.1) is 31.9 Å². The molecule has 112 valence electrons. The highest BCUT2D eigenvalue weighted by atomic mass is 32.1. The predicted octanol–water partition coefficient (Wildman–Crippen LogP) is 1.39. The van der Waals surface area contributed by atoms with Crippen molar-refractivity contribution >= 4 is 17.2 Å². The Morgan fingerprint density at radius 3 is 2.75 bits per heavy atom. The fourth-order valence-electron chi connectivity index (χ4n) is 2.30. The van der Waals surface area contributed by atoms with Gasteiger partial charge in [0.2, 0.25) is 5.91 Å². The van der Waals surface area contributed by atoms with Crippen molar-refractivity contribution < 1.29 is 9.53 Å². The molecule has 2 rings (SSSR count). The molecule has 0 aliphatic carbocycles. The number of aromatic nitrogens is 1. The summed E-state index contributed by atoms with van der Waals surface area (Å²) in [5, 5.41) is 3.10. The van der Waals surface area contributed by atoms with Crippen LogP contribution in [-0.2, 0) is 22.5 Å². The highest BCUT2D eigenvalue weighted by Gasteiger charge is 2.15. The van der Waals surface area contributed by atoms with Crippen LogP contribution in [0, 0.1) is 0 Å². The second-order valence-electron chi connectivity index (χ2n) is 4.86. The number of carbonyl (C=O) groups excluding carboxylic acids is 1. The van der Waals surface area contributed by atoms with Crippen molar-refractivity contribution in [1.82, 2.24) is 14.8 Å². The SMILES string of the molecule is CCN(CC)C(=O)Cc1csc(CN2CCOCC2)n1. The van der Waals surface area contributed by atoms with Crippen molar-refractivity contribution in [2.24, 2.45) is 0 Å².